The largest absolute Gasteiger partial charge is 0.371 e. The number of amides is 2. The number of carbonyl (C=O) groups excluding carboxylic acids is 1. The number of piperidine rings is 1. The minimum absolute atomic E-state index is 0.297. The molecule has 3 aromatic rings. The van der Waals surface area contributed by atoms with E-state index in [1.54, 1.807) is 24.3 Å². The number of fused-ring (bicyclic) bond motifs is 1. The predicted molar refractivity (Wildman–Crippen MR) is 147 cm³/mol. The molecule has 0 bridgehead atoms. The molecule has 188 valence electrons. The van der Waals surface area contributed by atoms with Crippen LogP contribution in [0.4, 0.5) is 26.2 Å². The van der Waals surface area contributed by atoms with E-state index in [2.05, 4.69) is 30.1 Å². The Morgan fingerprint density at radius 3 is 2.28 bits per heavy atom. The normalized spacial score (nSPS) is 16.4. The first kappa shape index (κ1) is 25.2. The average molecular weight is 547 g/mol. The highest BCUT2D eigenvalue weighted by atomic mass is 35.5. The highest BCUT2D eigenvalue weighted by Gasteiger charge is 2.32. The third-order valence-electron chi connectivity index (χ3n) is 7.30. The first-order valence-electron chi connectivity index (χ1n) is 12.1. The van der Waals surface area contributed by atoms with Gasteiger partial charge in [0.05, 0.1) is 26.4 Å². The Hall–Kier alpha value is -2.47. The number of nitrogens with zero attached hydrogens (tertiary/aromatic N) is 2. The van der Waals surface area contributed by atoms with Gasteiger partial charge in [0.25, 0.3) is 0 Å². The number of rotatable bonds is 4. The van der Waals surface area contributed by atoms with Crippen molar-refractivity contribution in [3.63, 3.8) is 0 Å². The minimum Gasteiger partial charge on any atom is -0.371 e. The lowest BCUT2D eigenvalue weighted by Crippen LogP contribution is -2.42. The van der Waals surface area contributed by atoms with E-state index in [0.717, 1.165) is 42.7 Å². The van der Waals surface area contributed by atoms with Crippen LogP contribution in [-0.4, -0.2) is 19.1 Å². The second kappa shape index (κ2) is 10.1. The van der Waals surface area contributed by atoms with Gasteiger partial charge < -0.3 is 10.2 Å². The van der Waals surface area contributed by atoms with E-state index in [4.69, 9.17) is 34.8 Å². The summed E-state index contributed by atoms with van der Waals surface area (Å²) in [5.74, 6) is 0.933. The van der Waals surface area contributed by atoms with Crippen molar-refractivity contribution >= 4 is 57.9 Å². The maximum atomic E-state index is 13.9. The molecule has 36 heavy (non-hydrogen) atoms. The summed E-state index contributed by atoms with van der Waals surface area (Å²) in [5, 5.41) is 3.99. The molecule has 2 heterocycles. The molecule has 0 aromatic heterocycles. The van der Waals surface area contributed by atoms with Gasteiger partial charge in [-0.1, -0.05) is 54.7 Å². The Labute approximate surface area is 225 Å². The fourth-order valence-electron chi connectivity index (χ4n) is 5.26. The maximum Gasteiger partial charge on any atom is 0.326 e. The topological polar surface area (TPSA) is 35.6 Å². The van der Waals surface area contributed by atoms with Crippen molar-refractivity contribution in [3.05, 3.63) is 75.0 Å². The molecule has 0 atom stereocenters. The molecule has 0 spiro atoms. The Kier molecular flexibility index (Phi) is 7.08. The van der Waals surface area contributed by atoms with Crippen LogP contribution in [-0.2, 0) is 6.54 Å². The van der Waals surface area contributed by atoms with Gasteiger partial charge in [0, 0.05) is 36.4 Å². The van der Waals surface area contributed by atoms with E-state index >= 15 is 0 Å². The van der Waals surface area contributed by atoms with Crippen molar-refractivity contribution in [2.75, 3.05) is 22.9 Å². The average Bonchev–Trinajstić information content (AvgIpc) is 2.84. The molecule has 1 fully saturated rings. The summed E-state index contributed by atoms with van der Waals surface area (Å²) in [4.78, 5) is 17.1. The zero-order valence-electron chi connectivity index (χ0n) is 20.1. The molecule has 0 aliphatic carbocycles. The van der Waals surface area contributed by atoms with Crippen LogP contribution in [0, 0.1) is 17.7 Å². The van der Waals surface area contributed by atoms with Gasteiger partial charge in [-0.2, -0.15) is 0 Å². The molecule has 0 saturated carbocycles. The monoisotopic (exact) mass is 545 g/mol. The first-order valence-corrected chi connectivity index (χ1v) is 13.3. The van der Waals surface area contributed by atoms with Crippen LogP contribution in [0.5, 0.6) is 0 Å². The SMILES string of the molecule is CC(C)C1CCN(c2cc(-c3ccc(F)cc3Cl)c3c(c2)N(c2c(Cl)cccc2Cl)C(=O)NC3)CC1. The molecule has 3 aromatic carbocycles. The van der Waals surface area contributed by atoms with Gasteiger partial charge in [-0.25, -0.2) is 9.18 Å². The number of para-hydroxylation sites is 1. The van der Waals surface area contributed by atoms with E-state index in [1.807, 2.05) is 6.07 Å². The molecule has 2 amide bonds. The van der Waals surface area contributed by atoms with Gasteiger partial charge in [-0.3, -0.25) is 4.90 Å². The molecule has 1 saturated heterocycles. The highest BCUT2D eigenvalue weighted by Crippen LogP contribution is 2.46. The number of halogens is 4. The number of hydrogen-bond acceptors (Lipinski definition) is 2. The van der Waals surface area contributed by atoms with Gasteiger partial charge in [0.15, 0.2) is 0 Å². The van der Waals surface area contributed by atoms with Gasteiger partial charge in [0.1, 0.15) is 5.82 Å². The maximum absolute atomic E-state index is 13.9. The number of urea groups is 1. The van der Waals surface area contributed by atoms with Gasteiger partial charge in [0.2, 0.25) is 0 Å². The van der Waals surface area contributed by atoms with Crippen LogP contribution in [0.2, 0.25) is 15.1 Å². The van der Waals surface area contributed by atoms with E-state index in [9.17, 15) is 9.18 Å². The summed E-state index contributed by atoms with van der Waals surface area (Å²) >= 11 is 19.6. The third-order valence-corrected chi connectivity index (χ3v) is 8.22. The lowest BCUT2D eigenvalue weighted by Gasteiger charge is -2.38. The molecule has 0 radical (unpaired) electrons. The van der Waals surface area contributed by atoms with Crippen LogP contribution in [0.1, 0.15) is 32.3 Å². The van der Waals surface area contributed by atoms with Gasteiger partial charge in [-0.15, -0.1) is 0 Å². The molecule has 0 unspecified atom stereocenters. The highest BCUT2D eigenvalue weighted by molar-refractivity contribution is 6.40. The van der Waals surface area contributed by atoms with E-state index < -0.39 is 5.82 Å². The summed E-state index contributed by atoms with van der Waals surface area (Å²) < 4.78 is 13.9. The van der Waals surface area contributed by atoms with Crippen LogP contribution >= 0.6 is 34.8 Å². The summed E-state index contributed by atoms with van der Waals surface area (Å²) in [6.07, 6.45) is 2.20. The first-order chi connectivity index (χ1) is 17.2. The van der Waals surface area contributed by atoms with E-state index in [1.165, 1.54) is 17.0 Å². The second-order valence-electron chi connectivity index (χ2n) is 9.75. The summed E-state index contributed by atoms with van der Waals surface area (Å²) in [7, 11) is 0. The lowest BCUT2D eigenvalue weighted by molar-refractivity contribution is 0.247. The molecule has 4 nitrogen and oxygen atoms in total. The van der Waals surface area contributed by atoms with Crippen molar-refractivity contribution < 1.29 is 9.18 Å². The van der Waals surface area contributed by atoms with E-state index in [0.29, 0.717) is 50.4 Å². The van der Waals surface area contributed by atoms with Crippen molar-refractivity contribution in [1.82, 2.24) is 5.32 Å². The van der Waals surface area contributed by atoms with E-state index in [-0.39, 0.29) is 6.03 Å². The Morgan fingerprint density at radius 2 is 1.64 bits per heavy atom. The molecular formula is C28H27Cl3FN3O. The molecule has 8 heteroatoms. The number of anilines is 3. The predicted octanol–water partition coefficient (Wildman–Crippen LogP) is 8.69. The summed E-state index contributed by atoms with van der Waals surface area (Å²) in [5.41, 5.74) is 4.49. The summed E-state index contributed by atoms with van der Waals surface area (Å²) in [6, 6.07) is 13.4. The van der Waals surface area contributed by atoms with Crippen molar-refractivity contribution in [3.8, 4) is 11.1 Å². The quantitative estimate of drug-likeness (QED) is 0.355. The second-order valence-corrected chi connectivity index (χ2v) is 11.0. The van der Waals surface area contributed by atoms with Gasteiger partial charge >= 0.3 is 6.03 Å². The van der Waals surface area contributed by atoms with Crippen LogP contribution in [0.25, 0.3) is 11.1 Å². The van der Waals surface area contributed by atoms with Gasteiger partial charge in [-0.05, 0) is 72.7 Å². The number of carbonyl (C=O) groups is 1. The fraction of sp³-hybridized carbons (Fsp3) is 0.321. The Balaban J connectivity index is 1.70. The minimum atomic E-state index is -0.401. The number of nitrogens with one attached hydrogen (secondary N) is 1. The molecule has 2 aliphatic rings. The summed E-state index contributed by atoms with van der Waals surface area (Å²) in [6.45, 7) is 6.68. The Morgan fingerprint density at radius 1 is 0.944 bits per heavy atom. The molecule has 2 aliphatic heterocycles. The third kappa shape index (κ3) is 4.65. The smallest absolute Gasteiger partial charge is 0.326 e. The molecular weight excluding hydrogens is 520 g/mol. The van der Waals surface area contributed by atoms with Crippen LogP contribution < -0.4 is 15.1 Å². The van der Waals surface area contributed by atoms with Crippen LogP contribution in [0.3, 0.4) is 0 Å². The number of benzene rings is 3. The lowest BCUT2D eigenvalue weighted by atomic mass is 9.86. The zero-order valence-corrected chi connectivity index (χ0v) is 22.4. The van der Waals surface area contributed by atoms with Crippen LogP contribution in [0.15, 0.2) is 48.5 Å². The van der Waals surface area contributed by atoms with Crippen molar-refractivity contribution in [2.24, 2.45) is 11.8 Å². The Bertz CT molecular complexity index is 1300. The molecule has 5 rings (SSSR count). The standard InChI is InChI=1S/C28H27Cl3FN3O/c1-16(2)17-8-10-34(11-9-17)19-13-21(20-7-6-18(32)12-25(20)31)22-15-33-28(36)35(26(22)14-19)27-23(29)4-3-5-24(27)30/h3-7,12-14,16-17H,8-11,15H2,1-2H3,(H,33,36). The molecule has 1 N–H and O–H groups in total. The fourth-order valence-corrected chi connectivity index (χ4v) is 6.09. The van der Waals surface area contributed by atoms with Crippen molar-refractivity contribution in [1.29, 1.82) is 0 Å². The number of hydrogen-bond donors (Lipinski definition) is 1. The zero-order chi connectivity index (χ0) is 25.6. The van der Waals surface area contributed by atoms with Crippen molar-refractivity contribution in [2.45, 2.75) is 33.2 Å².